The molecule has 18 heavy (non-hydrogen) atoms. The van der Waals surface area contributed by atoms with Crippen molar-refractivity contribution in [3.05, 3.63) is 24.2 Å². The second-order valence-electron chi connectivity index (χ2n) is 3.89. The van der Waals surface area contributed by atoms with Crippen molar-refractivity contribution in [3.63, 3.8) is 0 Å². The molecule has 0 saturated carbocycles. The molecule has 2 aromatic rings. The van der Waals surface area contributed by atoms with Crippen LogP contribution >= 0.6 is 11.8 Å². The fraction of sp³-hybridized carbons (Fsp3) is 0.455. The lowest BCUT2D eigenvalue weighted by Crippen LogP contribution is -2.05. The van der Waals surface area contributed by atoms with Gasteiger partial charge in [0.2, 0.25) is 0 Å². The third-order valence-electron chi connectivity index (χ3n) is 2.44. The standard InChI is InChI=1S/C11H16N6S/c1-2-3-6-17-10(14-15-16-17)8-18-11-5-4-9(12)7-13-11/h4-5,7H,2-3,6,8,12H2,1H3. The summed E-state index contributed by atoms with van der Waals surface area (Å²) in [5.41, 5.74) is 6.26. The average Bonchev–Trinajstić information content (AvgIpc) is 2.83. The topological polar surface area (TPSA) is 82.5 Å². The molecule has 0 aromatic carbocycles. The van der Waals surface area contributed by atoms with Gasteiger partial charge in [0.25, 0.3) is 0 Å². The third kappa shape index (κ3) is 3.43. The first-order chi connectivity index (χ1) is 8.79. The van der Waals surface area contributed by atoms with Crippen LogP contribution in [-0.4, -0.2) is 25.2 Å². The van der Waals surface area contributed by atoms with Crippen LogP contribution in [0.4, 0.5) is 5.69 Å². The Morgan fingerprint density at radius 1 is 1.39 bits per heavy atom. The Morgan fingerprint density at radius 2 is 2.28 bits per heavy atom. The Balaban J connectivity index is 1.93. The highest BCUT2D eigenvalue weighted by Crippen LogP contribution is 2.19. The summed E-state index contributed by atoms with van der Waals surface area (Å²) < 4.78 is 1.85. The van der Waals surface area contributed by atoms with E-state index in [1.165, 1.54) is 0 Å². The highest BCUT2D eigenvalue weighted by atomic mass is 32.2. The number of hydrogen-bond donors (Lipinski definition) is 1. The van der Waals surface area contributed by atoms with Gasteiger partial charge < -0.3 is 5.73 Å². The van der Waals surface area contributed by atoms with E-state index < -0.39 is 0 Å². The number of unbranched alkanes of at least 4 members (excludes halogenated alkanes) is 1. The van der Waals surface area contributed by atoms with E-state index in [1.54, 1.807) is 18.0 Å². The van der Waals surface area contributed by atoms with Gasteiger partial charge >= 0.3 is 0 Å². The first-order valence-corrected chi connectivity index (χ1v) is 6.87. The zero-order valence-electron chi connectivity index (χ0n) is 10.3. The largest absolute Gasteiger partial charge is 0.397 e. The van der Waals surface area contributed by atoms with Crippen LogP contribution in [0.3, 0.4) is 0 Å². The molecule has 0 aliphatic heterocycles. The summed E-state index contributed by atoms with van der Waals surface area (Å²) in [7, 11) is 0. The lowest BCUT2D eigenvalue weighted by Gasteiger charge is -2.03. The Hall–Kier alpha value is -1.63. The molecular weight excluding hydrogens is 248 g/mol. The molecule has 2 N–H and O–H groups in total. The number of thioether (sulfide) groups is 1. The fourth-order valence-electron chi connectivity index (χ4n) is 1.42. The predicted molar refractivity (Wildman–Crippen MR) is 70.9 cm³/mol. The quantitative estimate of drug-likeness (QED) is 0.800. The molecule has 96 valence electrons. The van der Waals surface area contributed by atoms with Crippen LogP contribution in [0.5, 0.6) is 0 Å². The van der Waals surface area contributed by atoms with Gasteiger partial charge in [-0.15, -0.1) is 5.10 Å². The highest BCUT2D eigenvalue weighted by Gasteiger charge is 2.06. The smallest absolute Gasteiger partial charge is 0.161 e. The van der Waals surface area contributed by atoms with E-state index in [1.807, 2.05) is 16.8 Å². The monoisotopic (exact) mass is 264 g/mol. The van der Waals surface area contributed by atoms with E-state index in [-0.39, 0.29) is 0 Å². The predicted octanol–water partition coefficient (Wildman–Crippen LogP) is 1.74. The number of tetrazole rings is 1. The van der Waals surface area contributed by atoms with Crippen molar-refractivity contribution in [2.75, 3.05) is 5.73 Å². The van der Waals surface area contributed by atoms with Crippen LogP contribution in [0, 0.1) is 0 Å². The van der Waals surface area contributed by atoms with Gasteiger partial charge in [0.15, 0.2) is 5.82 Å². The average molecular weight is 264 g/mol. The normalized spacial score (nSPS) is 10.7. The molecule has 0 saturated heterocycles. The van der Waals surface area contributed by atoms with Crippen molar-refractivity contribution in [2.24, 2.45) is 0 Å². The summed E-state index contributed by atoms with van der Waals surface area (Å²) in [6, 6.07) is 3.75. The van der Waals surface area contributed by atoms with E-state index in [4.69, 9.17) is 5.73 Å². The number of nitrogen functional groups attached to an aromatic ring is 1. The Morgan fingerprint density at radius 3 is 3.00 bits per heavy atom. The van der Waals surface area contributed by atoms with Crippen LogP contribution in [-0.2, 0) is 12.3 Å². The molecule has 0 fully saturated rings. The summed E-state index contributed by atoms with van der Waals surface area (Å²) in [4.78, 5) is 4.23. The summed E-state index contributed by atoms with van der Waals surface area (Å²) in [6.45, 7) is 3.02. The van der Waals surface area contributed by atoms with E-state index >= 15 is 0 Å². The molecule has 6 nitrogen and oxygen atoms in total. The number of nitrogens with two attached hydrogens (primary N) is 1. The molecule has 0 atom stereocenters. The van der Waals surface area contributed by atoms with Crippen molar-refractivity contribution >= 4 is 17.4 Å². The number of anilines is 1. The minimum atomic E-state index is 0.673. The first kappa shape index (κ1) is 12.8. The number of hydrogen-bond acceptors (Lipinski definition) is 6. The molecule has 2 heterocycles. The number of aromatic nitrogens is 5. The van der Waals surface area contributed by atoms with Gasteiger partial charge in [-0.1, -0.05) is 25.1 Å². The molecule has 0 unspecified atom stereocenters. The second-order valence-corrected chi connectivity index (χ2v) is 4.89. The van der Waals surface area contributed by atoms with Gasteiger partial charge in [0, 0.05) is 6.54 Å². The zero-order chi connectivity index (χ0) is 12.8. The van der Waals surface area contributed by atoms with Crippen molar-refractivity contribution in [3.8, 4) is 0 Å². The van der Waals surface area contributed by atoms with Crippen LogP contribution in [0.25, 0.3) is 0 Å². The molecule has 7 heteroatoms. The van der Waals surface area contributed by atoms with Gasteiger partial charge in [0.1, 0.15) is 0 Å². The van der Waals surface area contributed by atoms with Crippen LogP contribution in [0.2, 0.25) is 0 Å². The minimum absolute atomic E-state index is 0.673. The number of rotatable bonds is 6. The molecule has 0 bridgehead atoms. The van der Waals surface area contributed by atoms with Crippen molar-refractivity contribution in [1.82, 2.24) is 25.2 Å². The summed E-state index contributed by atoms with van der Waals surface area (Å²) >= 11 is 1.60. The molecule has 0 radical (unpaired) electrons. The molecular formula is C11H16N6S. The maximum absolute atomic E-state index is 5.59. The summed E-state index contributed by atoms with van der Waals surface area (Å²) in [5.74, 6) is 1.60. The van der Waals surface area contributed by atoms with Crippen LogP contribution in [0.15, 0.2) is 23.4 Å². The van der Waals surface area contributed by atoms with E-state index in [0.717, 1.165) is 30.2 Å². The van der Waals surface area contributed by atoms with Gasteiger partial charge in [-0.25, -0.2) is 9.67 Å². The fourth-order valence-corrected chi connectivity index (χ4v) is 2.20. The van der Waals surface area contributed by atoms with Crippen molar-refractivity contribution in [2.45, 2.75) is 37.1 Å². The molecule has 0 aliphatic carbocycles. The molecule has 0 spiro atoms. The summed E-state index contributed by atoms with van der Waals surface area (Å²) in [5, 5.41) is 12.6. The van der Waals surface area contributed by atoms with E-state index in [9.17, 15) is 0 Å². The lowest BCUT2D eigenvalue weighted by atomic mass is 10.3. The summed E-state index contributed by atoms with van der Waals surface area (Å²) in [6.07, 6.45) is 3.87. The van der Waals surface area contributed by atoms with Crippen LogP contribution < -0.4 is 5.73 Å². The van der Waals surface area contributed by atoms with Gasteiger partial charge in [-0.3, -0.25) is 0 Å². The Labute approximate surface area is 110 Å². The molecule has 2 rings (SSSR count). The maximum atomic E-state index is 5.59. The van der Waals surface area contributed by atoms with Crippen molar-refractivity contribution < 1.29 is 0 Å². The first-order valence-electron chi connectivity index (χ1n) is 5.89. The Kier molecular flexibility index (Phi) is 4.52. The van der Waals surface area contributed by atoms with Crippen LogP contribution in [0.1, 0.15) is 25.6 Å². The molecule has 0 amide bonds. The van der Waals surface area contributed by atoms with Gasteiger partial charge in [0.05, 0.1) is 22.7 Å². The zero-order valence-corrected chi connectivity index (χ0v) is 11.1. The number of nitrogens with zero attached hydrogens (tertiary/aromatic N) is 5. The van der Waals surface area contributed by atoms with Crippen molar-refractivity contribution in [1.29, 1.82) is 0 Å². The van der Waals surface area contributed by atoms with Gasteiger partial charge in [-0.05, 0) is 29.0 Å². The number of aryl methyl sites for hydroxylation is 1. The molecule has 2 aromatic heterocycles. The SMILES string of the molecule is CCCCn1nnnc1CSc1ccc(N)cn1. The molecule has 0 aliphatic rings. The highest BCUT2D eigenvalue weighted by molar-refractivity contribution is 7.98. The lowest BCUT2D eigenvalue weighted by molar-refractivity contribution is 0.540. The number of pyridine rings is 1. The third-order valence-corrected chi connectivity index (χ3v) is 3.38. The maximum Gasteiger partial charge on any atom is 0.161 e. The second kappa shape index (κ2) is 6.34. The van der Waals surface area contributed by atoms with E-state index in [2.05, 4.69) is 27.4 Å². The van der Waals surface area contributed by atoms with E-state index in [0.29, 0.717) is 11.4 Å². The minimum Gasteiger partial charge on any atom is -0.397 e. The Bertz CT molecular complexity index is 481. The van der Waals surface area contributed by atoms with Gasteiger partial charge in [-0.2, -0.15) is 0 Å².